The van der Waals surface area contributed by atoms with Gasteiger partial charge in [-0.25, -0.2) is 0 Å². The summed E-state index contributed by atoms with van der Waals surface area (Å²) in [6, 6.07) is 0. The number of rotatable bonds is 46. The van der Waals surface area contributed by atoms with Crippen molar-refractivity contribution in [1.29, 1.82) is 0 Å². The van der Waals surface area contributed by atoms with Gasteiger partial charge < -0.3 is 14.2 Å². The molecule has 0 radical (unpaired) electrons. The molecule has 0 spiro atoms. The lowest BCUT2D eigenvalue weighted by molar-refractivity contribution is -0.167. The Morgan fingerprint density at radius 2 is 0.655 bits per heavy atom. The minimum Gasteiger partial charge on any atom is -0.462 e. The predicted octanol–water partition coefficient (Wildman–Crippen LogP) is 16.5. The van der Waals surface area contributed by atoms with Gasteiger partial charge in [0, 0.05) is 19.3 Å². The second-order valence-electron chi connectivity index (χ2n) is 18.5. The van der Waals surface area contributed by atoms with E-state index in [-0.39, 0.29) is 31.1 Å². The third kappa shape index (κ3) is 44.0. The highest BCUT2D eigenvalue weighted by atomic mass is 16.6. The minimum atomic E-state index is -0.761. The monoisotopic (exact) mass is 821 g/mol. The molecule has 0 rings (SSSR count). The molecule has 2 atom stereocenters. The van der Waals surface area contributed by atoms with E-state index in [0.29, 0.717) is 19.3 Å². The van der Waals surface area contributed by atoms with E-state index in [0.717, 1.165) is 69.6 Å². The van der Waals surface area contributed by atoms with Gasteiger partial charge in [0.15, 0.2) is 6.10 Å². The highest BCUT2D eigenvalue weighted by Crippen LogP contribution is 2.18. The minimum absolute atomic E-state index is 0.0643. The predicted molar refractivity (Wildman–Crippen MR) is 247 cm³/mol. The second kappa shape index (κ2) is 44.9. The second-order valence-corrected chi connectivity index (χ2v) is 18.5. The molecule has 344 valence electrons. The maximum atomic E-state index is 12.7. The number of hydrogen-bond acceptors (Lipinski definition) is 6. The van der Waals surface area contributed by atoms with Crippen molar-refractivity contribution in [3.63, 3.8) is 0 Å². The largest absolute Gasteiger partial charge is 0.462 e. The summed E-state index contributed by atoms with van der Waals surface area (Å²) in [4.78, 5) is 37.8. The van der Waals surface area contributed by atoms with Gasteiger partial charge in [-0.05, 0) is 31.1 Å². The molecule has 0 aromatic heterocycles. The van der Waals surface area contributed by atoms with Gasteiger partial charge in [0.05, 0.1) is 0 Å². The molecular weight excluding hydrogens is 721 g/mol. The van der Waals surface area contributed by atoms with Gasteiger partial charge in [0.2, 0.25) is 0 Å². The van der Waals surface area contributed by atoms with Crippen LogP contribution in [0.3, 0.4) is 0 Å². The van der Waals surface area contributed by atoms with Crippen molar-refractivity contribution in [2.45, 2.75) is 291 Å². The molecule has 6 nitrogen and oxygen atoms in total. The van der Waals surface area contributed by atoms with Crippen LogP contribution >= 0.6 is 0 Å². The summed E-state index contributed by atoms with van der Waals surface area (Å²) in [7, 11) is 0. The Kier molecular flexibility index (Phi) is 43.7. The molecule has 0 saturated carbocycles. The molecule has 0 fully saturated rings. The van der Waals surface area contributed by atoms with Crippen LogP contribution in [0.15, 0.2) is 0 Å². The fourth-order valence-corrected chi connectivity index (χ4v) is 7.78. The first-order chi connectivity index (χ1) is 28.3. The molecule has 0 amide bonds. The summed E-state index contributed by atoms with van der Waals surface area (Å²) in [5.74, 6) is 0.815. The van der Waals surface area contributed by atoms with Gasteiger partial charge in [0.1, 0.15) is 13.2 Å². The third-order valence-electron chi connectivity index (χ3n) is 12.1. The zero-order chi connectivity index (χ0) is 42.6. The average Bonchev–Trinajstić information content (AvgIpc) is 3.21. The SMILES string of the molecule is CCCCCCCCCCCCCC(=O)O[C@H](COC(=O)CCCCCCCCCCCCCCCCCCC(C)C)COC(=O)CCCCCCCCC(C)CC. The van der Waals surface area contributed by atoms with E-state index in [1.165, 1.54) is 173 Å². The Morgan fingerprint density at radius 1 is 0.362 bits per heavy atom. The van der Waals surface area contributed by atoms with Crippen LogP contribution in [0.25, 0.3) is 0 Å². The Balaban J connectivity index is 4.23. The zero-order valence-electron chi connectivity index (χ0n) is 39.7. The van der Waals surface area contributed by atoms with Gasteiger partial charge in [-0.3, -0.25) is 14.4 Å². The van der Waals surface area contributed by atoms with Crippen LogP contribution in [0.4, 0.5) is 0 Å². The van der Waals surface area contributed by atoms with Gasteiger partial charge in [-0.1, -0.05) is 247 Å². The van der Waals surface area contributed by atoms with Crippen LogP contribution < -0.4 is 0 Å². The van der Waals surface area contributed by atoms with E-state index >= 15 is 0 Å². The summed E-state index contributed by atoms with van der Waals surface area (Å²) in [5.41, 5.74) is 0. The topological polar surface area (TPSA) is 78.9 Å². The summed E-state index contributed by atoms with van der Waals surface area (Å²) in [6.07, 6.45) is 45.2. The highest BCUT2D eigenvalue weighted by molar-refractivity contribution is 5.71. The van der Waals surface area contributed by atoms with E-state index in [9.17, 15) is 14.4 Å². The van der Waals surface area contributed by atoms with Gasteiger partial charge in [0.25, 0.3) is 0 Å². The number of carbonyl (C=O) groups is 3. The van der Waals surface area contributed by atoms with E-state index in [1.54, 1.807) is 0 Å². The Labute approximate surface area is 361 Å². The third-order valence-corrected chi connectivity index (χ3v) is 12.1. The Bertz CT molecular complexity index is 887. The molecule has 0 aromatic rings. The molecule has 0 aromatic carbocycles. The van der Waals surface area contributed by atoms with Crippen LogP contribution in [-0.2, 0) is 28.6 Å². The maximum absolute atomic E-state index is 12.7. The lowest BCUT2D eigenvalue weighted by Gasteiger charge is -2.18. The standard InChI is InChI=1S/C52H100O6/c1-6-8-9-10-11-12-19-24-27-34-39-44-52(55)58-49(46-57-51(54)43-38-33-29-28-31-36-41-48(5)7-2)45-56-50(53)42-37-32-26-23-21-18-16-14-13-15-17-20-22-25-30-35-40-47(3)4/h47-49H,6-46H2,1-5H3/t48?,49-/m1/s1. The smallest absolute Gasteiger partial charge is 0.306 e. The van der Waals surface area contributed by atoms with Crippen molar-refractivity contribution >= 4 is 17.9 Å². The number of esters is 3. The summed E-state index contributed by atoms with van der Waals surface area (Å²) in [5, 5.41) is 0. The van der Waals surface area contributed by atoms with Crippen molar-refractivity contribution in [2.24, 2.45) is 11.8 Å². The lowest BCUT2D eigenvalue weighted by atomic mass is 10.00. The molecule has 0 saturated heterocycles. The first kappa shape index (κ1) is 56.4. The number of unbranched alkanes of at least 4 members (excludes halogenated alkanes) is 30. The Morgan fingerprint density at radius 3 is 0.983 bits per heavy atom. The van der Waals surface area contributed by atoms with E-state index in [1.807, 2.05) is 0 Å². The van der Waals surface area contributed by atoms with Crippen LogP contribution in [-0.4, -0.2) is 37.2 Å². The van der Waals surface area contributed by atoms with Crippen molar-refractivity contribution in [3.05, 3.63) is 0 Å². The van der Waals surface area contributed by atoms with Crippen LogP contribution in [0.5, 0.6) is 0 Å². The number of carbonyl (C=O) groups excluding carboxylic acids is 3. The van der Waals surface area contributed by atoms with Crippen LogP contribution in [0, 0.1) is 11.8 Å². The van der Waals surface area contributed by atoms with Gasteiger partial charge >= 0.3 is 17.9 Å². The van der Waals surface area contributed by atoms with Crippen molar-refractivity contribution in [1.82, 2.24) is 0 Å². The fourth-order valence-electron chi connectivity index (χ4n) is 7.78. The first-order valence-electron chi connectivity index (χ1n) is 25.8. The summed E-state index contributed by atoms with van der Waals surface area (Å²) < 4.78 is 16.8. The molecule has 6 heteroatoms. The zero-order valence-corrected chi connectivity index (χ0v) is 39.7. The molecule has 0 aliphatic heterocycles. The fraction of sp³-hybridized carbons (Fsp3) is 0.942. The maximum Gasteiger partial charge on any atom is 0.306 e. The average molecular weight is 821 g/mol. The van der Waals surface area contributed by atoms with E-state index in [4.69, 9.17) is 14.2 Å². The molecule has 58 heavy (non-hydrogen) atoms. The lowest BCUT2D eigenvalue weighted by Crippen LogP contribution is -2.30. The first-order valence-corrected chi connectivity index (χ1v) is 25.8. The summed E-state index contributed by atoms with van der Waals surface area (Å²) >= 11 is 0. The van der Waals surface area contributed by atoms with E-state index < -0.39 is 6.10 Å². The van der Waals surface area contributed by atoms with Gasteiger partial charge in [-0.2, -0.15) is 0 Å². The van der Waals surface area contributed by atoms with Gasteiger partial charge in [-0.15, -0.1) is 0 Å². The van der Waals surface area contributed by atoms with E-state index in [2.05, 4.69) is 34.6 Å². The molecular formula is C52H100O6. The molecule has 1 unspecified atom stereocenters. The number of hydrogen-bond donors (Lipinski definition) is 0. The highest BCUT2D eigenvalue weighted by Gasteiger charge is 2.19. The molecule has 0 N–H and O–H groups in total. The normalized spacial score (nSPS) is 12.5. The molecule has 0 bridgehead atoms. The Hall–Kier alpha value is -1.59. The van der Waals surface area contributed by atoms with Crippen LogP contribution in [0.1, 0.15) is 285 Å². The van der Waals surface area contributed by atoms with Crippen LogP contribution in [0.2, 0.25) is 0 Å². The van der Waals surface area contributed by atoms with Crippen molar-refractivity contribution in [3.8, 4) is 0 Å². The van der Waals surface area contributed by atoms with Crippen molar-refractivity contribution < 1.29 is 28.6 Å². The molecule has 0 aliphatic rings. The molecule has 0 heterocycles. The molecule has 0 aliphatic carbocycles. The van der Waals surface area contributed by atoms with Crippen molar-refractivity contribution in [2.75, 3.05) is 13.2 Å². The number of ether oxygens (including phenoxy) is 3. The summed E-state index contributed by atoms with van der Waals surface area (Å²) in [6.45, 7) is 11.4. The quantitative estimate of drug-likeness (QED) is 0.0346.